The van der Waals surface area contributed by atoms with Gasteiger partial charge in [0.2, 0.25) is 6.79 Å². The van der Waals surface area contributed by atoms with Gasteiger partial charge in [-0.1, -0.05) is 48.5 Å². The maximum Gasteiger partial charge on any atom is 0.328 e. The maximum absolute atomic E-state index is 13.0. The molecule has 0 saturated heterocycles. The molecule has 1 aromatic heterocycles. The van der Waals surface area contributed by atoms with Crippen LogP contribution in [-0.2, 0) is 19.1 Å². The van der Waals surface area contributed by atoms with E-state index in [4.69, 9.17) is 18.9 Å². The SMILES string of the molecule is COc1ccnc(C(=O)N[C@@H](C)C(=O)OC(C)C2c3ccccc3-c3ccccc32)c1OCOC(C)=O. The number of carbonyl (C=O) groups excluding carboxylic acids is 3. The topological polar surface area (TPSA) is 113 Å². The summed E-state index contributed by atoms with van der Waals surface area (Å²) in [5.41, 5.74) is 4.31. The highest BCUT2D eigenvalue weighted by Gasteiger charge is 2.35. The predicted molar refractivity (Wildman–Crippen MR) is 134 cm³/mol. The molecule has 2 aromatic carbocycles. The molecular formula is C28H28N2O7. The molecule has 0 saturated carbocycles. The van der Waals surface area contributed by atoms with Gasteiger partial charge >= 0.3 is 11.9 Å². The van der Waals surface area contributed by atoms with Crippen molar-refractivity contribution in [2.24, 2.45) is 0 Å². The average molecular weight is 505 g/mol. The summed E-state index contributed by atoms with van der Waals surface area (Å²) >= 11 is 0. The van der Waals surface area contributed by atoms with Crippen LogP contribution in [0.25, 0.3) is 11.1 Å². The lowest BCUT2D eigenvalue weighted by Gasteiger charge is -2.24. The number of carbonyl (C=O) groups is 3. The van der Waals surface area contributed by atoms with Crippen molar-refractivity contribution < 1.29 is 33.3 Å². The second kappa shape index (κ2) is 11.1. The van der Waals surface area contributed by atoms with E-state index in [0.717, 1.165) is 22.3 Å². The monoisotopic (exact) mass is 504 g/mol. The predicted octanol–water partition coefficient (Wildman–Crippen LogP) is 3.85. The highest BCUT2D eigenvalue weighted by molar-refractivity contribution is 5.98. The van der Waals surface area contributed by atoms with Crippen molar-refractivity contribution in [3.8, 4) is 22.6 Å². The number of amides is 1. The number of ether oxygens (including phenoxy) is 4. The number of pyridine rings is 1. The molecule has 1 amide bonds. The van der Waals surface area contributed by atoms with Crippen LogP contribution in [0.2, 0.25) is 0 Å². The molecule has 0 bridgehead atoms. The number of rotatable bonds is 9. The van der Waals surface area contributed by atoms with Crippen LogP contribution in [-0.4, -0.2) is 48.9 Å². The van der Waals surface area contributed by atoms with Gasteiger partial charge in [-0.25, -0.2) is 9.78 Å². The Labute approximate surface area is 214 Å². The summed E-state index contributed by atoms with van der Waals surface area (Å²) in [6.45, 7) is 4.18. The van der Waals surface area contributed by atoms with Gasteiger partial charge in [0, 0.05) is 25.1 Å². The highest BCUT2D eigenvalue weighted by atomic mass is 16.7. The van der Waals surface area contributed by atoms with Gasteiger partial charge in [-0.3, -0.25) is 9.59 Å². The smallest absolute Gasteiger partial charge is 0.328 e. The van der Waals surface area contributed by atoms with E-state index in [1.54, 1.807) is 0 Å². The van der Waals surface area contributed by atoms with E-state index in [9.17, 15) is 14.4 Å². The van der Waals surface area contributed by atoms with Crippen LogP contribution >= 0.6 is 0 Å². The first-order valence-electron chi connectivity index (χ1n) is 11.8. The quantitative estimate of drug-likeness (QED) is 0.345. The molecule has 4 rings (SSSR count). The van der Waals surface area contributed by atoms with Crippen molar-refractivity contribution in [1.82, 2.24) is 10.3 Å². The summed E-state index contributed by atoms with van der Waals surface area (Å²) in [5.74, 6) is -1.74. The number of methoxy groups -OCH3 is 1. The first-order chi connectivity index (χ1) is 17.8. The Morgan fingerprint density at radius 1 is 0.973 bits per heavy atom. The van der Waals surface area contributed by atoms with Gasteiger partial charge in [0.1, 0.15) is 12.1 Å². The molecule has 0 fully saturated rings. The van der Waals surface area contributed by atoms with E-state index < -0.39 is 36.8 Å². The molecule has 9 heteroatoms. The van der Waals surface area contributed by atoms with E-state index in [1.807, 2.05) is 43.3 Å². The van der Waals surface area contributed by atoms with Gasteiger partial charge < -0.3 is 24.3 Å². The summed E-state index contributed by atoms with van der Waals surface area (Å²) in [5, 5.41) is 2.60. The number of nitrogens with zero attached hydrogens (tertiary/aromatic N) is 1. The van der Waals surface area contributed by atoms with Gasteiger partial charge in [-0.05, 0) is 36.1 Å². The van der Waals surface area contributed by atoms with Crippen molar-refractivity contribution in [2.45, 2.75) is 38.8 Å². The molecule has 1 aliphatic carbocycles. The summed E-state index contributed by atoms with van der Waals surface area (Å²) in [6, 6.07) is 16.7. The van der Waals surface area contributed by atoms with Crippen molar-refractivity contribution in [3.63, 3.8) is 0 Å². The fraction of sp³-hybridized carbons (Fsp3) is 0.286. The maximum atomic E-state index is 13.0. The lowest BCUT2D eigenvalue weighted by molar-refractivity contribution is -0.151. The van der Waals surface area contributed by atoms with Gasteiger partial charge in [0.15, 0.2) is 17.2 Å². The van der Waals surface area contributed by atoms with E-state index in [-0.39, 0.29) is 23.1 Å². The standard InChI is InChI=1S/C28H28N2O7/c1-16(30-27(32)25-26(36-15-35-18(3)31)23(34-4)13-14-29-25)28(33)37-17(2)24-21-11-7-5-9-19(21)20-10-6-8-12-22(20)24/h5-14,16-17,24H,15H2,1-4H3,(H,30,32)/t16-,17?/m0/s1. The van der Waals surface area contributed by atoms with Gasteiger partial charge in [0.25, 0.3) is 5.91 Å². The van der Waals surface area contributed by atoms with E-state index >= 15 is 0 Å². The van der Waals surface area contributed by atoms with Crippen molar-refractivity contribution in [1.29, 1.82) is 0 Å². The van der Waals surface area contributed by atoms with Crippen LogP contribution in [0.5, 0.6) is 11.5 Å². The molecule has 1 N–H and O–H groups in total. The number of hydrogen-bond donors (Lipinski definition) is 1. The first-order valence-corrected chi connectivity index (χ1v) is 11.8. The van der Waals surface area contributed by atoms with Crippen LogP contribution < -0.4 is 14.8 Å². The summed E-state index contributed by atoms with van der Waals surface area (Å²) < 4.78 is 21.3. The van der Waals surface area contributed by atoms with Gasteiger partial charge in [-0.15, -0.1) is 0 Å². The zero-order chi connectivity index (χ0) is 26.5. The third kappa shape index (κ3) is 5.40. The number of benzene rings is 2. The number of fused-ring (bicyclic) bond motifs is 3. The molecule has 2 atom stereocenters. The van der Waals surface area contributed by atoms with Crippen LogP contribution in [0.3, 0.4) is 0 Å². The molecule has 1 aliphatic rings. The molecule has 1 heterocycles. The molecule has 3 aromatic rings. The molecular weight excluding hydrogens is 476 g/mol. The summed E-state index contributed by atoms with van der Waals surface area (Å²) in [4.78, 5) is 41.1. The average Bonchev–Trinajstić information content (AvgIpc) is 3.23. The molecule has 37 heavy (non-hydrogen) atoms. The number of esters is 2. The molecule has 192 valence electrons. The fourth-order valence-corrected chi connectivity index (χ4v) is 4.44. The van der Waals surface area contributed by atoms with Crippen molar-refractivity contribution in [3.05, 3.63) is 77.6 Å². The minimum Gasteiger partial charge on any atom is -0.493 e. The molecule has 0 spiro atoms. The normalized spacial score (nSPS) is 13.5. The minimum absolute atomic E-state index is 0.0168. The Balaban J connectivity index is 1.46. The lowest BCUT2D eigenvalue weighted by Crippen LogP contribution is -2.41. The van der Waals surface area contributed by atoms with E-state index in [1.165, 1.54) is 33.2 Å². The van der Waals surface area contributed by atoms with Crippen molar-refractivity contribution in [2.75, 3.05) is 13.9 Å². The Kier molecular flexibility index (Phi) is 7.71. The molecule has 1 unspecified atom stereocenters. The van der Waals surface area contributed by atoms with Crippen LogP contribution in [0.15, 0.2) is 60.8 Å². The molecule has 0 aliphatic heterocycles. The number of aromatic nitrogens is 1. The number of nitrogens with one attached hydrogen (secondary N) is 1. The molecule has 0 radical (unpaired) electrons. The Morgan fingerprint density at radius 3 is 2.19 bits per heavy atom. The summed E-state index contributed by atoms with van der Waals surface area (Å²) in [7, 11) is 1.40. The Hall–Kier alpha value is -4.40. The first kappa shape index (κ1) is 25.7. The number of hydrogen-bond acceptors (Lipinski definition) is 8. The van der Waals surface area contributed by atoms with E-state index in [0.29, 0.717) is 0 Å². The van der Waals surface area contributed by atoms with Crippen molar-refractivity contribution >= 4 is 17.8 Å². The third-order valence-corrected chi connectivity index (χ3v) is 6.12. The minimum atomic E-state index is -0.976. The second-order valence-electron chi connectivity index (χ2n) is 8.58. The zero-order valence-corrected chi connectivity index (χ0v) is 21.0. The molecule has 9 nitrogen and oxygen atoms in total. The van der Waals surface area contributed by atoms with Gasteiger partial charge in [-0.2, -0.15) is 0 Å². The van der Waals surface area contributed by atoms with Crippen LogP contribution in [0.4, 0.5) is 0 Å². The van der Waals surface area contributed by atoms with Gasteiger partial charge in [0.05, 0.1) is 7.11 Å². The van der Waals surface area contributed by atoms with Crippen LogP contribution in [0, 0.1) is 0 Å². The second-order valence-corrected chi connectivity index (χ2v) is 8.58. The highest BCUT2D eigenvalue weighted by Crippen LogP contribution is 2.46. The Bertz CT molecular complexity index is 1280. The fourth-order valence-electron chi connectivity index (χ4n) is 4.44. The third-order valence-electron chi connectivity index (χ3n) is 6.12. The summed E-state index contributed by atoms with van der Waals surface area (Å²) in [6.07, 6.45) is 0.890. The van der Waals surface area contributed by atoms with Crippen LogP contribution in [0.1, 0.15) is 48.3 Å². The Morgan fingerprint density at radius 2 is 1.59 bits per heavy atom. The zero-order valence-electron chi connectivity index (χ0n) is 21.0. The largest absolute Gasteiger partial charge is 0.493 e. The van der Waals surface area contributed by atoms with E-state index in [2.05, 4.69) is 22.4 Å². The lowest BCUT2D eigenvalue weighted by atomic mass is 9.92.